The highest BCUT2D eigenvalue weighted by Crippen LogP contribution is 2.34. The van der Waals surface area contributed by atoms with Gasteiger partial charge in [0.1, 0.15) is 6.04 Å². The van der Waals surface area contributed by atoms with Crippen molar-refractivity contribution in [3.8, 4) is 0 Å². The molecule has 0 heterocycles. The first kappa shape index (κ1) is 15.4. The highest BCUT2D eigenvalue weighted by atomic mass is 16.4. The molecule has 3 N–H and O–H groups in total. The molecule has 2 rings (SSSR count). The lowest BCUT2D eigenvalue weighted by Gasteiger charge is -2.15. The van der Waals surface area contributed by atoms with E-state index >= 15 is 0 Å². The van der Waals surface area contributed by atoms with Crippen LogP contribution in [0.25, 0.3) is 0 Å². The van der Waals surface area contributed by atoms with Crippen LogP contribution in [0.2, 0.25) is 0 Å². The molecular weight excluding hydrogens is 268 g/mol. The number of aliphatic carboxylic acids is 1. The number of carboxylic acids is 1. The summed E-state index contributed by atoms with van der Waals surface area (Å²) in [6, 6.07) is 8.21. The molecule has 5 heteroatoms. The van der Waals surface area contributed by atoms with Gasteiger partial charge in [-0.3, -0.25) is 0 Å². The number of urea groups is 1. The third-order valence-corrected chi connectivity index (χ3v) is 3.78. The van der Waals surface area contributed by atoms with Crippen LogP contribution in [0.4, 0.5) is 4.79 Å². The van der Waals surface area contributed by atoms with Gasteiger partial charge in [-0.05, 0) is 24.3 Å². The first-order valence-electron chi connectivity index (χ1n) is 7.44. The van der Waals surface area contributed by atoms with Gasteiger partial charge >= 0.3 is 12.0 Å². The minimum absolute atomic E-state index is 0.205. The summed E-state index contributed by atoms with van der Waals surface area (Å²) in [5, 5.41) is 14.6. The van der Waals surface area contributed by atoms with E-state index in [4.69, 9.17) is 0 Å². The normalized spacial score (nSPS) is 21.4. The standard InChI is InChI=1S/C16H22N2O3/c1-2-6-12-10-13(12)17-16(21)18-14(15(19)20)9-11-7-4-3-5-8-11/h3-5,7-8,12-14H,2,6,9-10H2,1H3,(H,19,20)(H2,17,18,21)/t12?,13?,14-/m0/s1. The van der Waals surface area contributed by atoms with Gasteiger partial charge in [-0.1, -0.05) is 43.7 Å². The minimum atomic E-state index is -1.02. The number of carbonyl (C=O) groups excluding carboxylic acids is 1. The molecule has 0 bridgehead atoms. The molecule has 21 heavy (non-hydrogen) atoms. The van der Waals surface area contributed by atoms with Crippen LogP contribution < -0.4 is 10.6 Å². The summed E-state index contributed by atoms with van der Waals surface area (Å²) in [5.41, 5.74) is 0.889. The third kappa shape index (κ3) is 4.77. The second-order valence-corrected chi connectivity index (χ2v) is 5.59. The van der Waals surface area contributed by atoms with Gasteiger partial charge in [-0.25, -0.2) is 9.59 Å². The first-order valence-corrected chi connectivity index (χ1v) is 7.44. The van der Waals surface area contributed by atoms with E-state index in [0.29, 0.717) is 5.92 Å². The van der Waals surface area contributed by atoms with Crippen LogP contribution in [0.15, 0.2) is 30.3 Å². The fraction of sp³-hybridized carbons (Fsp3) is 0.500. The number of benzene rings is 1. The molecule has 1 saturated carbocycles. The zero-order valence-corrected chi connectivity index (χ0v) is 12.2. The monoisotopic (exact) mass is 290 g/mol. The maximum absolute atomic E-state index is 11.9. The van der Waals surface area contributed by atoms with E-state index in [1.807, 2.05) is 30.3 Å². The smallest absolute Gasteiger partial charge is 0.326 e. The van der Waals surface area contributed by atoms with Crippen LogP contribution in [0.5, 0.6) is 0 Å². The lowest BCUT2D eigenvalue weighted by atomic mass is 10.1. The van der Waals surface area contributed by atoms with E-state index in [9.17, 15) is 14.7 Å². The maximum atomic E-state index is 11.9. The number of amides is 2. The lowest BCUT2D eigenvalue weighted by Crippen LogP contribution is -2.47. The second-order valence-electron chi connectivity index (χ2n) is 5.59. The summed E-state index contributed by atoms with van der Waals surface area (Å²) in [7, 11) is 0. The molecule has 0 radical (unpaired) electrons. The summed E-state index contributed by atoms with van der Waals surface area (Å²) >= 11 is 0. The molecule has 0 spiro atoms. The van der Waals surface area contributed by atoms with Crippen molar-refractivity contribution in [2.24, 2.45) is 5.92 Å². The van der Waals surface area contributed by atoms with E-state index in [1.165, 1.54) is 0 Å². The van der Waals surface area contributed by atoms with E-state index in [2.05, 4.69) is 17.6 Å². The third-order valence-electron chi connectivity index (χ3n) is 3.78. The van der Waals surface area contributed by atoms with Crippen molar-refractivity contribution in [1.29, 1.82) is 0 Å². The second kappa shape index (κ2) is 7.11. The van der Waals surface area contributed by atoms with E-state index in [0.717, 1.165) is 24.8 Å². The molecule has 1 aliphatic carbocycles. The van der Waals surface area contributed by atoms with Crippen LogP contribution in [0.1, 0.15) is 31.7 Å². The van der Waals surface area contributed by atoms with E-state index < -0.39 is 12.0 Å². The number of nitrogens with one attached hydrogen (secondary N) is 2. The Bertz CT molecular complexity index is 490. The summed E-state index contributed by atoms with van der Waals surface area (Å²) < 4.78 is 0. The zero-order valence-electron chi connectivity index (χ0n) is 12.2. The van der Waals surface area contributed by atoms with Crippen molar-refractivity contribution in [2.75, 3.05) is 0 Å². The quantitative estimate of drug-likeness (QED) is 0.720. The number of rotatable bonds is 7. The van der Waals surface area contributed by atoms with Crippen LogP contribution in [-0.4, -0.2) is 29.2 Å². The molecule has 0 aromatic heterocycles. The molecule has 0 saturated heterocycles. The van der Waals surface area contributed by atoms with Gasteiger partial charge in [-0.15, -0.1) is 0 Å². The fourth-order valence-corrected chi connectivity index (χ4v) is 2.53. The van der Waals surface area contributed by atoms with Gasteiger partial charge in [-0.2, -0.15) is 0 Å². The SMILES string of the molecule is CCCC1CC1NC(=O)N[C@@H](Cc1ccccc1)C(=O)O. The molecule has 114 valence electrons. The maximum Gasteiger partial charge on any atom is 0.326 e. The van der Waals surface area contributed by atoms with E-state index in [1.54, 1.807) is 0 Å². The molecule has 2 amide bonds. The van der Waals surface area contributed by atoms with Gasteiger partial charge in [0.25, 0.3) is 0 Å². The van der Waals surface area contributed by atoms with Gasteiger partial charge < -0.3 is 15.7 Å². The van der Waals surface area contributed by atoms with Crippen LogP contribution in [0.3, 0.4) is 0 Å². The molecule has 1 aromatic carbocycles. The number of carbonyl (C=O) groups is 2. The molecule has 1 aromatic rings. The molecule has 0 aliphatic heterocycles. The van der Waals surface area contributed by atoms with Crippen LogP contribution >= 0.6 is 0 Å². The predicted octanol–water partition coefficient (Wildman–Crippen LogP) is 2.17. The Kier molecular flexibility index (Phi) is 5.20. The molecular formula is C16H22N2O3. The van der Waals surface area contributed by atoms with Crippen molar-refractivity contribution < 1.29 is 14.7 Å². The number of hydrogen-bond donors (Lipinski definition) is 3. The molecule has 1 fully saturated rings. The fourth-order valence-electron chi connectivity index (χ4n) is 2.53. The van der Waals surface area contributed by atoms with Gasteiger partial charge in [0, 0.05) is 12.5 Å². The Balaban J connectivity index is 1.82. The molecule has 3 atom stereocenters. The predicted molar refractivity (Wildman–Crippen MR) is 80.0 cm³/mol. The Morgan fingerprint density at radius 2 is 2.05 bits per heavy atom. The molecule has 2 unspecified atom stereocenters. The van der Waals surface area contributed by atoms with E-state index in [-0.39, 0.29) is 18.5 Å². The highest BCUT2D eigenvalue weighted by Gasteiger charge is 2.37. The Labute approximate surface area is 124 Å². The molecule has 5 nitrogen and oxygen atoms in total. The van der Waals surface area contributed by atoms with Crippen molar-refractivity contribution in [2.45, 2.75) is 44.7 Å². The summed E-state index contributed by atoms with van der Waals surface area (Å²) in [6.45, 7) is 2.12. The average Bonchev–Trinajstić information content (AvgIpc) is 3.17. The summed E-state index contributed by atoms with van der Waals surface area (Å²) in [6.07, 6.45) is 3.50. The van der Waals surface area contributed by atoms with Crippen LogP contribution in [-0.2, 0) is 11.2 Å². The van der Waals surface area contributed by atoms with Crippen molar-refractivity contribution in [3.63, 3.8) is 0 Å². The minimum Gasteiger partial charge on any atom is -0.480 e. The van der Waals surface area contributed by atoms with Crippen molar-refractivity contribution in [3.05, 3.63) is 35.9 Å². The average molecular weight is 290 g/mol. The highest BCUT2D eigenvalue weighted by molar-refractivity contribution is 5.83. The largest absolute Gasteiger partial charge is 0.480 e. The summed E-state index contributed by atoms with van der Waals surface area (Å²) in [5.74, 6) is -0.465. The first-order chi connectivity index (χ1) is 10.1. The Morgan fingerprint density at radius 3 is 2.67 bits per heavy atom. The van der Waals surface area contributed by atoms with Crippen molar-refractivity contribution in [1.82, 2.24) is 10.6 Å². The Morgan fingerprint density at radius 1 is 1.33 bits per heavy atom. The van der Waals surface area contributed by atoms with Crippen molar-refractivity contribution >= 4 is 12.0 Å². The lowest BCUT2D eigenvalue weighted by molar-refractivity contribution is -0.139. The van der Waals surface area contributed by atoms with Gasteiger partial charge in [0.2, 0.25) is 0 Å². The Hall–Kier alpha value is -2.04. The summed E-state index contributed by atoms with van der Waals surface area (Å²) in [4.78, 5) is 23.1. The topological polar surface area (TPSA) is 78.4 Å². The zero-order chi connectivity index (χ0) is 15.2. The number of carboxylic acid groups (broad SMARTS) is 1. The van der Waals surface area contributed by atoms with Crippen LogP contribution in [0, 0.1) is 5.92 Å². The molecule has 1 aliphatic rings. The van der Waals surface area contributed by atoms with Gasteiger partial charge in [0.15, 0.2) is 0 Å². The number of hydrogen-bond acceptors (Lipinski definition) is 2. The van der Waals surface area contributed by atoms with Gasteiger partial charge in [0.05, 0.1) is 0 Å².